The Morgan fingerprint density at radius 1 is 1.35 bits per heavy atom. The molecule has 20 heavy (non-hydrogen) atoms. The van der Waals surface area contributed by atoms with Gasteiger partial charge < -0.3 is 10.2 Å². The van der Waals surface area contributed by atoms with Crippen molar-refractivity contribution in [3.05, 3.63) is 30.0 Å². The van der Waals surface area contributed by atoms with E-state index in [2.05, 4.69) is 17.3 Å². The lowest BCUT2D eigenvalue weighted by Gasteiger charge is -2.15. The van der Waals surface area contributed by atoms with Crippen LogP contribution in [0, 0.1) is 5.92 Å². The molecule has 0 aliphatic carbocycles. The van der Waals surface area contributed by atoms with Gasteiger partial charge in [-0.05, 0) is 19.0 Å². The van der Waals surface area contributed by atoms with E-state index < -0.39 is 0 Å². The lowest BCUT2D eigenvalue weighted by molar-refractivity contribution is 0.0781. The van der Waals surface area contributed by atoms with E-state index in [1.165, 1.54) is 0 Å². The third kappa shape index (κ3) is 1.98. The van der Waals surface area contributed by atoms with Crippen molar-refractivity contribution in [3.63, 3.8) is 0 Å². The molecular weight excluding hydrogens is 252 g/mol. The zero-order chi connectivity index (χ0) is 14.3. The molecule has 5 nitrogen and oxygen atoms in total. The van der Waals surface area contributed by atoms with Crippen molar-refractivity contribution in [1.82, 2.24) is 20.0 Å². The van der Waals surface area contributed by atoms with Gasteiger partial charge in [0.25, 0.3) is 5.91 Å². The van der Waals surface area contributed by atoms with Crippen LogP contribution in [0.1, 0.15) is 17.4 Å². The lowest BCUT2D eigenvalue weighted by Crippen LogP contribution is -2.34. The summed E-state index contributed by atoms with van der Waals surface area (Å²) in [6, 6.07) is 8.23. The molecular formula is C15H20N4O. The molecule has 0 spiro atoms. The van der Waals surface area contributed by atoms with Crippen LogP contribution in [0.15, 0.2) is 24.3 Å². The van der Waals surface area contributed by atoms with E-state index in [9.17, 15) is 4.79 Å². The fourth-order valence-electron chi connectivity index (χ4n) is 3.03. The molecule has 1 aromatic heterocycles. The summed E-state index contributed by atoms with van der Waals surface area (Å²) in [4.78, 5) is 14.6. The number of hydrogen-bond acceptors (Lipinski definition) is 3. The average Bonchev–Trinajstić information content (AvgIpc) is 3.00. The van der Waals surface area contributed by atoms with Crippen LogP contribution in [0.3, 0.4) is 0 Å². The van der Waals surface area contributed by atoms with Gasteiger partial charge in [-0.15, -0.1) is 0 Å². The molecule has 1 aliphatic rings. The Labute approximate surface area is 118 Å². The van der Waals surface area contributed by atoms with Gasteiger partial charge >= 0.3 is 0 Å². The molecule has 0 radical (unpaired) electrons. The van der Waals surface area contributed by atoms with E-state index in [0.717, 1.165) is 24.0 Å². The first-order chi connectivity index (χ1) is 9.61. The Hall–Kier alpha value is -1.88. The fraction of sp³-hybridized carbons (Fsp3) is 0.467. The van der Waals surface area contributed by atoms with Crippen LogP contribution in [-0.2, 0) is 7.05 Å². The summed E-state index contributed by atoms with van der Waals surface area (Å²) in [5.41, 5.74) is 1.56. The van der Waals surface area contributed by atoms with Crippen LogP contribution in [0.4, 0.5) is 0 Å². The number of hydrogen-bond donors (Lipinski definition) is 1. The third-order valence-corrected chi connectivity index (χ3v) is 4.23. The molecule has 5 heteroatoms. The molecule has 1 aliphatic heterocycles. The molecule has 0 saturated carbocycles. The van der Waals surface area contributed by atoms with Crippen molar-refractivity contribution in [3.8, 4) is 0 Å². The van der Waals surface area contributed by atoms with E-state index in [1.807, 2.05) is 43.3 Å². The highest BCUT2D eigenvalue weighted by Crippen LogP contribution is 2.23. The van der Waals surface area contributed by atoms with Crippen LogP contribution in [0.5, 0.6) is 0 Å². The smallest absolute Gasteiger partial charge is 0.275 e. The minimum atomic E-state index is 0.0337. The van der Waals surface area contributed by atoms with Crippen molar-refractivity contribution < 1.29 is 4.79 Å². The maximum Gasteiger partial charge on any atom is 0.275 e. The van der Waals surface area contributed by atoms with Crippen LogP contribution in [0.2, 0.25) is 0 Å². The summed E-state index contributed by atoms with van der Waals surface area (Å²) in [7, 11) is 3.83. The molecule has 1 saturated heterocycles. The Kier molecular flexibility index (Phi) is 3.22. The highest BCUT2D eigenvalue weighted by atomic mass is 16.2. The summed E-state index contributed by atoms with van der Waals surface area (Å²) in [5, 5.41) is 8.62. The van der Waals surface area contributed by atoms with E-state index in [1.54, 1.807) is 4.68 Å². The highest BCUT2D eigenvalue weighted by Gasteiger charge is 2.33. The maximum absolute atomic E-state index is 12.7. The number of nitrogens with zero attached hydrogens (tertiary/aromatic N) is 3. The number of nitrogens with one attached hydrogen (secondary N) is 1. The standard InChI is InChI=1S/C15H20N4O/c1-10-8-19(9-12(10)16-2)15(20)14-11-6-4-5-7-13(11)18(3)17-14/h4-7,10,12,16H,8-9H2,1-3H3. The van der Waals surface area contributed by atoms with E-state index in [-0.39, 0.29) is 5.91 Å². The van der Waals surface area contributed by atoms with Crippen LogP contribution in [0.25, 0.3) is 10.9 Å². The van der Waals surface area contributed by atoms with Gasteiger partial charge in [-0.2, -0.15) is 5.10 Å². The van der Waals surface area contributed by atoms with Gasteiger partial charge in [0.2, 0.25) is 0 Å². The summed E-state index contributed by atoms with van der Waals surface area (Å²) < 4.78 is 1.78. The van der Waals surface area contributed by atoms with Crippen molar-refractivity contribution in [1.29, 1.82) is 0 Å². The van der Waals surface area contributed by atoms with Gasteiger partial charge in [0, 0.05) is 31.6 Å². The maximum atomic E-state index is 12.7. The SMILES string of the molecule is CNC1CN(C(=O)c2nn(C)c3ccccc23)CC1C. The number of likely N-dealkylation sites (tertiary alicyclic amines) is 1. The molecule has 0 bridgehead atoms. The molecule has 1 aromatic carbocycles. The first-order valence-electron chi connectivity index (χ1n) is 7.00. The molecule has 1 N–H and O–H groups in total. The Balaban J connectivity index is 1.94. The quantitative estimate of drug-likeness (QED) is 0.895. The van der Waals surface area contributed by atoms with Crippen LogP contribution < -0.4 is 5.32 Å². The number of para-hydroxylation sites is 1. The first kappa shape index (κ1) is 13.1. The predicted molar refractivity (Wildman–Crippen MR) is 78.6 cm³/mol. The first-order valence-corrected chi connectivity index (χ1v) is 7.00. The van der Waals surface area contributed by atoms with Gasteiger partial charge in [0.05, 0.1) is 5.52 Å². The fourth-order valence-corrected chi connectivity index (χ4v) is 3.03. The van der Waals surface area contributed by atoms with Crippen molar-refractivity contribution in [2.24, 2.45) is 13.0 Å². The van der Waals surface area contributed by atoms with Crippen molar-refractivity contribution in [2.45, 2.75) is 13.0 Å². The lowest BCUT2D eigenvalue weighted by atomic mass is 10.1. The summed E-state index contributed by atoms with van der Waals surface area (Å²) in [6.07, 6.45) is 0. The Morgan fingerprint density at radius 2 is 2.10 bits per heavy atom. The van der Waals surface area contributed by atoms with E-state index >= 15 is 0 Å². The zero-order valence-corrected chi connectivity index (χ0v) is 12.1. The number of benzene rings is 1. The molecule has 106 valence electrons. The molecule has 2 atom stereocenters. The highest BCUT2D eigenvalue weighted by molar-refractivity contribution is 6.04. The van der Waals surface area contributed by atoms with Crippen LogP contribution >= 0.6 is 0 Å². The predicted octanol–water partition coefficient (Wildman–Crippen LogP) is 1.25. The number of aryl methyl sites for hydroxylation is 1. The Bertz CT molecular complexity index is 648. The van der Waals surface area contributed by atoms with Crippen molar-refractivity contribution in [2.75, 3.05) is 20.1 Å². The molecule has 2 unspecified atom stereocenters. The summed E-state index contributed by atoms with van der Waals surface area (Å²) in [5.74, 6) is 0.505. The largest absolute Gasteiger partial charge is 0.335 e. The van der Waals surface area contributed by atoms with Crippen LogP contribution in [-0.4, -0.2) is 46.8 Å². The second-order valence-electron chi connectivity index (χ2n) is 5.57. The molecule has 3 rings (SSSR count). The van der Waals surface area contributed by atoms with Gasteiger partial charge in [-0.3, -0.25) is 9.48 Å². The minimum Gasteiger partial charge on any atom is -0.335 e. The molecule has 1 amide bonds. The third-order valence-electron chi connectivity index (χ3n) is 4.23. The number of carbonyl (C=O) groups is 1. The zero-order valence-electron chi connectivity index (χ0n) is 12.1. The van der Waals surface area contributed by atoms with Gasteiger partial charge in [0.1, 0.15) is 0 Å². The molecule has 1 fully saturated rings. The number of rotatable bonds is 2. The topological polar surface area (TPSA) is 50.2 Å². The summed E-state index contributed by atoms with van der Waals surface area (Å²) >= 11 is 0. The second kappa shape index (κ2) is 4.90. The van der Waals surface area contributed by atoms with Gasteiger partial charge in [-0.1, -0.05) is 25.1 Å². The number of aromatic nitrogens is 2. The normalized spacial score (nSPS) is 22.6. The number of amides is 1. The van der Waals surface area contributed by atoms with E-state index in [0.29, 0.717) is 17.7 Å². The molecule has 2 heterocycles. The minimum absolute atomic E-state index is 0.0337. The molecule has 2 aromatic rings. The number of carbonyl (C=O) groups excluding carboxylic acids is 1. The number of fused-ring (bicyclic) bond motifs is 1. The summed E-state index contributed by atoms with van der Waals surface area (Å²) in [6.45, 7) is 3.71. The van der Waals surface area contributed by atoms with Gasteiger partial charge in [-0.25, -0.2) is 0 Å². The van der Waals surface area contributed by atoms with Gasteiger partial charge in [0.15, 0.2) is 5.69 Å². The van der Waals surface area contributed by atoms with E-state index in [4.69, 9.17) is 0 Å². The second-order valence-corrected chi connectivity index (χ2v) is 5.57. The van der Waals surface area contributed by atoms with Crippen molar-refractivity contribution >= 4 is 16.8 Å². The number of likely N-dealkylation sites (N-methyl/N-ethyl adjacent to an activating group) is 1. The Morgan fingerprint density at radius 3 is 2.80 bits per heavy atom. The average molecular weight is 272 g/mol. The monoisotopic (exact) mass is 272 g/mol.